The molecule has 8 nitrogen and oxygen atoms in total. The fraction of sp³-hybridized carbons (Fsp3) is 0.333. The average Bonchev–Trinajstić information content (AvgIpc) is 2.65. The highest BCUT2D eigenvalue weighted by Crippen LogP contribution is 2.30. The molecule has 10 heteroatoms. The molecular formula is C18H20ClN3O5S. The number of benzene rings is 2. The summed E-state index contributed by atoms with van der Waals surface area (Å²) in [6.07, 6.45) is 0. The molecule has 1 saturated heterocycles. The Morgan fingerprint density at radius 2 is 1.86 bits per heavy atom. The molecule has 0 spiro atoms. The first kappa shape index (κ1) is 20.5. The predicted molar refractivity (Wildman–Crippen MR) is 106 cm³/mol. The molecule has 1 fully saturated rings. The van der Waals surface area contributed by atoms with E-state index in [1.807, 2.05) is 12.1 Å². The van der Waals surface area contributed by atoms with Crippen LogP contribution in [0.4, 0.5) is 11.4 Å². The summed E-state index contributed by atoms with van der Waals surface area (Å²) in [6, 6.07) is 9.24. The lowest BCUT2D eigenvalue weighted by Gasteiger charge is -2.26. The number of anilines is 1. The van der Waals surface area contributed by atoms with E-state index >= 15 is 0 Å². The van der Waals surface area contributed by atoms with E-state index in [0.717, 1.165) is 31.3 Å². The van der Waals surface area contributed by atoms with Gasteiger partial charge in [0.15, 0.2) is 0 Å². The van der Waals surface area contributed by atoms with E-state index < -0.39 is 14.9 Å². The van der Waals surface area contributed by atoms with Crippen LogP contribution in [0.5, 0.6) is 0 Å². The number of hydrogen-bond donors (Lipinski definition) is 1. The number of rotatable bonds is 6. The Labute approximate surface area is 168 Å². The third-order valence-electron chi connectivity index (χ3n) is 4.51. The molecule has 0 atom stereocenters. The van der Waals surface area contributed by atoms with Gasteiger partial charge in [0.25, 0.3) is 15.7 Å². The maximum Gasteiger partial charge on any atom is 0.275 e. The van der Waals surface area contributed by atoms with Crippen molar-refractivity contribution in [3.63, 3.8) is 0 Å². The zero-order valence-corrected chi connectivity index (χ0v) is 16.8. The summed E-state index contributed by atoms with van der Waals surface area (Å²) in [5.41, 5.74) is 1.30. The molecule has 1 aliphatic rings. The van der Waals surface area contributed by atoms with Gasteiger partial charge in [0.2, 0.25) is 0 Å². The van der Waals surface area contributed by atoms with Crippen LogP contribution in [0, 0.1) is 17.0 Å². The first-order chi connectivity index (χ1) is 13.3. The van der Waals surface area contributed by atoms with Crippen molar-refractivity contribution in [2.24, 2.45) is 0 Å². The highest BCUT2D eigenvalue weighted by atomic mass is 35.5. The summed E-state index contributed by atoms with van der Waals surface area (Å²) in [5, 5.41) is 11.2. The number of hydrogen-bond acceptors (Lipinski definition) is 6. The highest BCUT2D eigenvalue weighted by Gasteiger charge is 2.22. The number of nitrogens with zero attached hydrogens (tertiary/aromatic N) is 2. The minimum Gasteiger partial charge on any atom is -0.379 e. The molecule has 0 amide bonds. The maximum atomic E-state index is 12.6. The lowest BCUT2D eigenvalue weighted by atomic mass is 10.2. The van der Waals surface area contributed by atoms with Crippen molar-refractivity contribution in [3.05, 3.63) is 62.7 Å². The molecule has 1 aliphatic heterocycles. The summed E-state index contributed by atoms with van der Waals surface area (Å²) in [5.74, 6) is 0. The Bertz CT molecular complexity index is 973. The number of nitro groups is 1. The largest absolute Gasteiger partial charge is 0.379 e. The molecule has 2 aromatic rings. The Morgan fingerprint density at radius 1 is 1.21 bits per heavy atom. The van der Waals surface area contributed by atoms with Crippen molar-refractivity contribution < 1.29 is 18.1 Å². The second-order valence-electron chi connectivity index (χ2n) is 6.50. The van der Waals surface area contributed by atoms with Gasteiger partial charge < -0.3 is 4.74 Å². The summed E-state index contributed by atoms with van der Waals surface area (Å²) < 4.78 is 33.0. The van der Waals surface area contributed by atoms with Crippen LogP contribution in [0.1, 0.15) is 11.1 Å². The topological polar surface area (TPSA) is 102 Å². The number of morpholine rings is 1. The zero-order valence-electron chi connectivity index (χ0n) is 15.2. The lowest BCUT2D eigenvalue weighted by molar-refractivity contribution is -0.385. The number of ether oxygens (including phenoxy) is 1. The number of nitrogens with one attached hydrogen (secondary N) is 1. The van der Waals surface area contributed by atoms with E-state index in [2.05, 4.69) is 9.62 Å². The minimum absolute atomic E-state index is 0.0236. The van der Waals surface area contributed by atoms with Crippen LogP contribution >= 0.6 is 11.6 Å². The van der Waals surface area contributed by atoms with E-state index in [1.165, 1.54) is 13.0 Å². The van der Waals surface area contributed by atoms with Crippen molar-refractivity contribution in [2.45, 2.75) is 18.4 Å². The molecule has 0 saturated carbocycles. The fourth-order valence-corrected chi connectivity index (χ4v) is 4.28. The van der Waals surface area contributed by atoms with Crippen molar-refractivity contribution in [1.82, 2.24) is 4.90 Å². The van der Waals surface area contributed by atoms with Gasteiger partial charge in [0, 0.05) is 37.0 Å². The van der Waals surface area contributed by atoms with Gasteiger partial charge in [-0.3, -0.25) is 19.7 Å². The van der Waals surface area contributed by atoms with E-state index in [4.69, 9.17) is 16.3 Å². The van der Waals surface area contributed by atoms with E-state index in [0.29, 0.717) is 18.9 Å². The summed E-state index contributed by atoms with van der Waals surface area (Å²) in [7, 11) is -4.01. The van der Waals surface area contributed by atoms with E-state index in [-0.39, 0.29) is 21.2 Å². The molecule has 28 heavy (non-hydrogen) atoms. The van der Waals surface area contributed by atoms with Crippen LogP contribution in [0.15, 0.2) is 41.3 Å². The SMILES string of the molecule is Cc1c(Cl)cc(S(=O)(=O)Nc2ccc(CN3CCOCC3)cc2)cc1[N+](=O)[O-]. The van der Waals surface area contributed by atoms with Gasteiger partial charge in [-0.15, -0.1) is 0 Å². The van der Waals surface area contributed by atoms with Crippen LogP contribution in [0.25, 0.3) is 0 Å². The zero-order chi connectivity index (χ0) is 20.3. The smallest absolute Gasteiger partial charge is 0.275 e. The first-order valence-corrected chi connectivity index (χ1v) is 10.5. The van der Waals surface area contributed by atoms with Crippen molar-refractivity contribution in [1.29, 1.82) is 0 Å². The lowest BCUT2D eigenvalue weighted by Crippen LogP contribution is -2.35. The third kappa shape index (κ3) is 4.79. The Kier molecular flexibility index (Phi) is 6.19. The Balaban J connectivity index is 1.76. The van der Waals surface area contributed by atoms with Crippen LogP contribution in [-0.2, 0) is 21.3 Å². The van der Waals surface area contributed by atoms with Crippen molar-refractivity contribution >= 4 is 33.0 Å². The average molecular weight is 426 g/mol. The van der Waals surface area contributed by atoms with E-state index in [9.17, 15) is 18.5 Å². The molecule has 1 N–H and O–H groups in total. The van der Waals surface area contributed by atoms with Crippen LogP contribution < -0.4 is 4.72 Å². The quantitative estimate of drug-likeness (QED) is 0.563. The normalized spacial score (nSPS) is 15.4. The molecule has 0 aromatic heterocycles. The maximum absolute atomic E-state index is 12.6. The Hall–Kier alpha value is -2.20. The number of halogens is 1. The van der Waals surface area contributed by atoms with Crippen molar-refractivity contribution in [3.8, 4) is 0 Å². The first-order valence-electron chi connectivity index (χ1n) is 8.62. The molecule has 3 rings (SSSR count). The van der Waals surface area contributed by atoms with Gasteiger partial charge in [-0.1, -0.05) is 23.7 Å². The molecule has 150 valence electrons. The van der Waals surface area contributed by atoms with Gasteiger partial charge >= 0.3 is 0 Å². The molecule has 1 heterocycles. The van der Waals surface area contributed by atoms with Gasteiger partial charge in [-0.2, -0.15) is 0 Å². The van der Waals surface area contributed by atoms with Gasteiger partial charge in [-0.05, 0) is 30.7 Å². The van der Waals surface area contributed by atoms with Crippen LogP contribution in [0.2, 0.25) is 5.02 Å². The Morgan fingerprint density at radius 3 is 2.46 bits per heavy atom. The van der Waals surface area contributed by atoms with Gasteiger partial charge in [-0.25, -0.2) is 8.42 Å². The molecule has 0 unspecified atom stereocenters. The predicted octanol–water partition coefficient (Wildman–Crippen LogP) is 3.19. The molecule has 2 aromatic carbocycles. The summed E-state index contributed by atoms with van der Waals surface area (Å²) in [4.78, 5) is 12.5. The second-order valence-corrected chi connectivity index (χ2v) is 8.59. The molecule has 0 radical (unpaired) electrons. The van der Waals surface area contributed by atoms with Crippen LogP contribution in [0.3, 0.4) is 0 Å². The number of sulfonamides is 1. The highest BCUT2D eigenvalue weighted by molar-refractivity contribution is 7.92. The van der Waals surface area contributed by atoms with E-state index in [1.54, 1.807) is 12.1 Å². The summed E-state index contributed by atoms with van der Waals surface area (Å²) >= 11 is 5.98. The minimum atomic E-state index is -4.01. The van der Waals surface area contributed by atoms with Crippen molar-refractivity contribution in [2.75, 3.05) is 31.0 Å². The summed E-state index contributed by atoms with van der Waals surface area (Å²) in [6.45, 7) is 5.38. The second kappa shape index (κ2) is 8.44. The third-order valence-corrected chi connectivity index (χ3v) is 6.27. The fourth-order valence-electron chi connectivity index (χ4n) is 2.89. The molecular weight excluding hydrogens is 406 g/mol. The standard InChI is InChI=1S/C18H20ClN3O5S/c1-13-17(19)10-16(11-18(13)22(23)24)28(25,26)20-15-4-2-14(3-5-15)12-21-6-8-27-9-7-21/h2-5,10-11,20H,6-9,12H2,1H3. The number of nitro benzene ring substituents is 1. The van der Waals surface area contributed by atoms with Gasteiger partial charge in [0.05, 0.1) is 28.1 Å². The monoisotopic (exact) mass is 425 g/mol. The van der Waals surface area contributed by atoms with Crippen LogP contribution in [-0.4, -0.2) is 44.5 Å². The molecule has 0 bridgehead atoms. The molecule has 0 aliphatic carbocycles. The van der Waals surface area contributed by atoms with Gasteiger partial charge in [0.1, 0.15) is 0 Å².